The summed E-state index contributed by atoms with van der Waals surface area (Å²) in [7, 11) is -2.67. The standard InChI is InChI=1S/C31H34NSi.C14H15FNSi.Ir/c1-22-21-32-30(24-11-9-8-10-12-24)20-28(22)27-18-15-25(19-29(27)31(2,3)4)23-13-16-26(17-14-23)33(5,6)7;1-17(2,3)13-8-9-14(16-10-13)11-4-6-12(15)7-5-11;/h8-11,13-21H,1-7H3;4,6-10H,1-3H3;/q2*-1;/i1D3;;. The first-order valence-electron chi connectivity index (χ1n) is 18.6. The topological polar surface area (TPSA) is 25.8 Å². The van der Waals surface area contributed by atoms with E-state index in [1.54, 1.807) is 6.07 Å². The van der Waals surface area contributed by atoms with Crippen LogP contribution in [0.3, 0.4) is 0 Å². The smallest absolute Gasteiger partial charge is 0.0795 e. The first-order valence-corrected chi connectivity index (χ1v) is 24.1. The van der Waals surface area contributed by atoms with E-state index in [0.29, 0.717) is 11.3 Å². The summed E-state index contributed by atoms with van der Waals surface area (Å²) in [5.41, 5.74) is 8.31. The zero-order chi connectivity index (χ0) is 38.8. The Kier molecular flexibility index (Phi) is 11.3. The summed E-state index contributed by atoms with van der Waals surface area (Å²) in [5.74, 6) is -0.271. The molecule has 6 heteroatoms. The fraction of sp³-hybridized carbons (Fsp3) is 0.244. The van der Waals surface area contributed by atoms with Gasteiger partial charge in [-0.05, 0) is 62.2 Å². The molecule has 4 aromatic carbocycles. The molecule has 2 heterocycles. The third kappa shape index (κ3) is 10.2. The van der Waals surface area contributed by atoms with Crippen LogP contribution < -0.4 is 10.4 Å². The molecule has 0 aliphatic carbocycles. The molecule has 2 aromatic heterocycles. The first-order chi connectivity index (χ1) is 24.7. The van der Waals surface area contributed by atoms with Crippen molar-refractivity contribution in [2.75, 3.05) is 0 Å². The molecular formula is C45H49FIrN2Si2-2. The molecule has 0 atom stereocenters. The number of pyridine rings is 2. The van der Waals surface area contributed by atoms with E-state index >= 15 is 0 Å². The number of aromatic nitrogens is 2. The Bertz CT molecular complexity index is 2150. The second kappa shape index (κ2) is 16.3. The maximum absolute atomic E-state index is 12.8. The fourth-order valence-electron chi connectivity index (χ4n) is 5.68. The Morgan fingerprint density at radius 3 is 1.84 bits per heavy atom. The molecule has 0 aliphatic rings. The number of hydrogen-bond donors (Lipinski definition) is 0. The Balaban J connectivity index is 0.000000302. The van der Waals surface area contributed by atoms with Crippen molar-refractivity contribution >= 4 is 26.5 Å². The molecule has 0 spiro atoms. The zero-order valence-corrected chi connectivity index (χ0v) is 35.5. The number of hydrogen-bond acceptors (Lipinski definition) is 2. The van der Waals surface area contributed by atoms with Gasteiger partial charge < -0.3 is 9.97 Å². The molecular weight excluding hydrogens is 836 g/mol. The molecule has 0 saturated carbocycles. The van der Waals surface area contributed by atoms with Gasteiger partial charge in [0, 0.05) is 42.4 Å². The van der Waals surface area contributed by atoms with Crippen LogP contribution in [0.15, 0.2) is 116 Å². The van der Waals surface area contributed by atoms with E-state index in [9.17, 15) is 4.39 Å². The zero-order valence-electron chi connectivity index (χ0n) is 34.1. The van der Waals surface area contributed by atoms with Crippen molar-refractivity contribution in [1.29, 1.82) is 0 Å². The predicted molar refractivity (Wildman–Crippen MR) is 217 cm³/mol. The van der Waals surface area contributed by atoms with Crippen LogP contribution in [0.1, 0.15) is 36.0 Å². The van der Waals surface area contributed by atoms with Crippen LogP contribution in [0.25, 0.3) is 44.8 Å². The second-order valence-corrected chi connectivity index (χ2v) is 26.0. The number of rotatable bonds is 6. The van der Waals surface area contributed by atoms with Crippen LogP contribution in [0.4, 0.5) is 4.39 Å². The normalized spacial score (nSPS) is 12.8. The molecule has 0 saturated heterocycles. The van der Waals surface area contributed by atoms with Crippen LogP contribution in [0.5, 0.6) is 0 Å². The van der Waals surface area contributed by atoms with Crippen molar-refractivity contribution in [2.45, 2.75) is 72.3 Å². The summed E-state index contributed by atoms with van der Waals surface area (Å²) in [6.45, 7) is 18.2. The maximum Gasteiger partial charge on any atom is 0.0795 e. The summed E-state index contributed by atoms with van der Waals surface area (Å²) in [6.07, 6.45) is 3.44. The van der Waals surface area contributed by atoms with Gasteiger partial charge in [0.05, 0.1) is 16.1 Å². The quantitative estimate of drug-likeness (QED) is 0.123. The Hall–Kier alpha value is -3.81. The minimum absolute atomic E-state index is 0. The first kappa shape index (κ1) is 35.6. The van der Waals surface area contributed by atoms with Crippen LogP contribution >= 0.6 is 0 Å². The monoisotopic (exact) mass is 888 g/mol. The number of aryl methyl sites for hydroxylation is 1. The molecule has 0 aliphatic heterocycles. The van der Waals surface area contributed by atoms with Gasteiger partial charge in [0.1, 0.15) is 0 Å². The number of halogens is 1. The molecule has 0 bridgehead atoms. The van der Waals surface area contributed by atoms with Crippen molar-refractivity contribution in [1.82, 2.24) is 9.97 Å². The van der Waals surface area contributed by atoms with Crippen LogP contribution in [-0.2, 0) is 25.5 Å². The number of nitrogens with zero attached hydrogens (tertiary/aromatic N) is 2. The van der Waals surface area contributed by atoms with E-state index in [2.05, 4.69) is 131 Å². The van der Waals surface area contributed by atoms with Crippen LogP contribution in [-0.4, -0.2) is 26.1 Å². The van der Waals surface area contributed by atoms with Crippen LogP contribution in [0.2, 0.25) is 39.3 Å². The maximum atomic E-state index is 12.8. The summed E-state index contributed by atoms with van der Waals surface area (Å²) < 4.78 is 37.4. The van der Waals surface area contributed by atoms with Gasteiger partial charge in [-0.15, -0.1) is 65.7 Å². The molecule has 2 nitrogen and oxygen atoms in total. The predicted octanol–water partition coefficient (Wildman–Crippen LogP) is 11.3. The summed E-state index contributed by atoms with van der Waals surface area (Å²) >= 11 is 0. The van der Waals surface area contributed by atoms with Gasteiger partial charge in [0.25, 0.3) is 0 Å². The van der Waals surface area contributed by atoms with Gasteiger partial charge in [-0.25, -0.2) is 0 Å². The summed E-state index contributed by atoms with van der Waals surface area (Å²) in [6, 6.07) is 39.5. The molecule has 0 N–H and O–H groups in total. The third-order valence-electron chi connectivity index (χ3n) is 8.77. The molecule has 1 radical (unpaired) electrons. The minimum Gasteiger partial charge on any atom is -0.305 e. The SMILES string of the molecule is C[Si](C)(C)c1ccc(-c2[c-]cc(F)cc2)nc1.[2H]C([2H])([2H])c1cnc(-c2[c-]cccc2)cc1-c1ccc(-c2ccc([Si](C)(C)C)cc2)cc1C(C)(C)C.[Ir]. The molecule has 6 rings (SSSR count). The van der Waals surface area contributed by atoms with E-state index < -0.39 is 23.0 Å². The largest absolute Gasteiger partial charge is 0.305 e. The van der Waals surface area contributed by atoms with Gasteiger partial charge in [-0.1, -0.05) is 126 Å². The van der Waals surface area contributed by atoms with Gasteiger partial charge in [-0.2, -0.15) is 0 Å². The fourth-order valence-corrected chi connectivity index (χ4v) is 7.88. The summed E-state index contributed by atoms with van der Waals surface area (Å²) in [5, 5.41) is 2.76. The van der Waals surface area contributed by atoms with Gasteiger partial charge in [0.2, 0.25) is 0 Å². The molecule has 0 unspecified atom stereocenters. The van der Waals surface area contributed by atoms with E-state index in [-0.39, 0.29) is 36.9 Å². The third-order valence-corrected chi connectivity index (χ3v) is 12.9. The Morgan fingerprint density at radius 2 is 1.29 bits per heavy atom. The average molecular weight is 888 g/mol. The van der Waals surface area contributed by atoms with E-state index in [4.69, 9.17) is 4.11 Å². The van der Waals surface area contributed by atoms with E-state index in [0.717, 1.165) is 33.5 Å². The number of benzene rings is 4. The Labute approximate surface area is 325 Å². The second-order valence-electron chi connectivity index (χ2n) is 15.8. The van der Waals surface area contributed by atoms with Gasteiger partial charge in [0.15, 0.2) is 0 Å². The van der Waals surface area contributed by atoms with Crippen molar-refractivity contribution in [2.24, 2.45) is 0 Å². The van der Waals surface area contributed by atoms with Crippen molar-refractivity contribution in [3.63, 3.8) is 0 Å². The van der Waals surface area contributed by atoms with E-state index in [1.165, 1.54) is 34.3 Å². The summed E-state index contributed by atoms with van der Waals surface area (Å²) in [4.78, 5) is 8.92. The van der Waals surface area contributed by atoms with Crippen molar-refractivity contribution in [3.05, 3.63) is 145 Å². The van der Waals surface area contributed by atoms with Gasteiger partial charge >= 0.3 is 0 Å². The minimum atomic E-state index is -2.28. The van der Waals surface area contributed by atoms with Crippen molar-refractivity contribution < 1.29 is 28.6 Å². The van der Waals surface area contributed by atoms with Crippen molar-refractivity contribution in [3.8, 4) is 44.8 Å². The molecule has 0 amide bonds. The molecule has 51 heavy (non-hydrogen) atoms. The average Bonchev–Trinajstić information content (AvgIpc) is 3.11. The Morgan fingerprint density at radius 1 is 0.647 bits per heavy atom. The van der Waals surface area contributed by atoms with Gasteiger partial charge in [-0.3, -0.25) is 4.39 Å². The molecule has 265 valence electrons. The molecule has 0 fully saturated rings. The van der Waals surface area contributed by atoms with E-state index in [1.807, 2.05) is 42.6 Å². The van der Waals surface area contributed by atoms with Crippen LogP contribution in [0, 0.1) is 24.8 Å². The molecule has 6 aromatic rings.